The molecule has 1 N–H and O–H groups in total. The van der Waals surface area contributed by atoms with Gasteiger partial charge in [0, 0.05) is 5.38 Å². The van der Waals surface area contributed by atoms with Crippen LogP contribution in [0.3, 0.4) is 0 Å². The third-order valence-corrected chi connectivity index (χ3v) is 3.30. The first-order valence-corrected chi connectivity index (χ1v) is 7.06. The van der Waals surface area contributed by atoms with E-state index >= 15 is 0 Å². The smallest absolute Gasteiger partial charge is 0.309 e. The number of hydrogen-bond acceptors (Lipinski definition) is 5. The fraction of sp³-hybridized carbons (Fsp3) is 0.286. The van der Waals surface area contributed by atoms with E-state index in [9.17, 15) is 4.79 Å². The summed E-state index contributed by atoms with van der Waals surface area (Å²) in [7, 11) is 0. The Hall–Kier alpha value is -2.08. The summed E-state index contributed by atoms with van der Waals surface area (Å²) in [6, 6.07) is 7.43. The molecule has 0 spiro atoms. The van der Waals surface area contributed by atoms with Crippen LogP contribution in [0.2, 0.25) is 0 Å². The average Bonchev–Trinajstić information content (AvgIpc) is 2.85. The first-order chi connectivity index (χ1) is 9.69. The van der Waals surface area contributed by atoms with Crippen LogP contribution in [0.5, 0.6) is 11.5 Å². The first-order valence-electron chi connectivity index (χ1n) is 6.18. The molecule has 106 valence electrons. The predicted octanol–water partition coefficient (Wildman–Crippen LogP) is 2.75. The van der Waals surface area contributed by atoms with Gasteiger partial charge in [0.1, 0.15) is 11.6 Å². The van der Waals surface area contributed by atoms with E-state index in [1.165, 1.54) is 11.3 Å². The zero-order valence-electron chi connectivity index (χ0n) is 11.0. The lowest BCUT2D eigenvalue weighted by molar-refractivity contribution is -0.136. The van der Waals surface area contributed by atoms with Crippen molar-refractivity contribution in [2.24, 2.45) is 0 Å². The fourth-order valence-corrected chi connectivity index (χ4v) is 2.34. The van der Waals surface area contributed by atoms with E-state index in [4.69, 9.17) is 14.6 Å². The zero-order valence-corrected chi connectivity index (χ0v) is 11.9. The summed E-state index contributed by atoms with van der Waals surface area (Å²) in [4.78, 5) is 14.8. The van der Waals surface area contributed by atoms with Gasteiger partial charge in [-0.3, -0.25) is 4.79 Å². The number of benzene rings is 1. The lowest BCUT2D eigenvalue weighted by Crippen LogP contribution is -2.02. The van der Waals surface area contributed by atoms with Gasteiger partial charge in [0.25, 0.3) is 0 Å². The van der Waals surface area contributed by atoms with Crippen molar-refractivity contribution < 1.29 is 19.4 Å². The van der Waals surface area contributed by atoms with Gasteiger partial charge < -0.3 is 14.6 Å². The molecular weight excluding hydrogens is 278 g/mol. The highest BCUT2D eigenvalue weighted by Crippen LogP contribution is 2.27. The zero-order chi connectivity index (χ0) is 14.4. The Morgan fingerprint density at radius 3 is 2.65 bits per heavy atom. The van der Waals surface area contributed by atoms with Crippen molar-refractivity contribution in [1.29, 1.82) is 0 Å². The molecule has 20 heavy (non-hydrogen) atoms. The number of hydrogen-bond donors (Lipinski definition) is 1. The van der Waals surface area contributed by atoms with Crippen LogP contribution in [0.4, 0.5) is 0 Å². The third kappa shape index (κ3) is 3.96. The molecule has 1 aromatic carbocycles. The number of ether oxygens (including phenoxy) is 2. The van der Waals surface area contributed by atoms with Gasteiger partial charge in [0.2, 0.25) is 0 Å². The minimum absolute atomic E-state index is 0.0635. The van der Waals surface area contributed by atoms with Crippen LogP contribution in [0.1, 0.15) is 17.6 Å². The molecular formula is C14H15NO4S. The minimum atomic E-state index is -0.885. The number of nitrogens with zero attached hydrogens (tertiary/aromatic N) is 1. The van der Waals surface area contributed by atoms with Crippen molar-refractivity contribution in [3.05, 3.63) is 40.3 Å². The summed E-state index contributed by atoms with van der Waals surface area (Å²) in [6.07, 6.45) is -0.0635. The van der Waals surface area contributed by atoms with E-state index in [1.807, 2.05) is 31.2 Å². The van der Waals surface area contributed by atoms with E-state index in [2.05, 4.69) is 4.98 Å². The number of carbonyl (C=O) groups is 1. The van der Waals surface area contributed by atoms with Crippen molar-refractivity contribution in [3.63, 3.8) is 0 Å². The molecule has 0 amide bonds. The van der Waals surface area contributed by atoms with E-state index < -0.39 is 5.97 Å². The molecule has 0 radical (unpaired) electrons. The predicted molar refractivity (Wildman–Crippen MR) is 75.4 cm³/mol. The molecule has 0 saturated heterocycles. The maximum Gasteiger partial charge on any atom is 0.309 e. The normalized spacial score (nSPS) is 10.2. The van der Waals surface area contributed by atoms with Crippen molar-refractivity contribution in [1.82, 2.24) is 4.98 Å². The second-order valence-corrected chi connectivity index (χ2v) is 4.91. The van der Waals surface area contributed by atoms with Crippen LogP contribution in [0.25, 0.3) is 0 Å². The van der Waals surface area contributed by atoms with Gasteiger partial charge >= 0.3 is 5.97 Å². The summed E-state index contributed by atoms with van der Waals surface area (Å²) in [5.41, 5.74) is 0.555. The molecule has 0 fully saturated rings. The SMILES string of the molecule is CCOc1ccccc1OCc1nc(CC(=O)O)cs1. The number of thiazole rings is 1. The molecule has 0 atom stereocenters. The van der Waals surface area contributed by atoms with Crippen molar-refractivity contribution in [2.45, 2.75) is 20.0 Å². The number of aromatic nitrogens is 1. The molecule has 1 heterocycles. The van der Waals surface area contributed by atoms with Crippen LogP contribution in [-0.4, -0.2) is 22.7 Å². The number of aliphatic carboxylic acids is 1. The van der Waals surface area contributed by atoms with E-state index in [0.717, 1.165) is 5.01 Å². The van der Waals surface area contributed by atoms with Crippen LogP contribution < -0.4 is 9.47 Å². The lowest BCUT2D eigenvalue weighted by atomic mass is 10.3. The van der Waals surface area contributed by atoms with E-state index in [1.54, 1.807) is 5.38 Å². The Morgan fingerprint density at radius 2 is 2.00 bits per heavy atom. The summed E-state index contributed by atoms with van der Waals surface area (Å²) in [6.45, 7) is 2.78. The molecule has 2 rings (SSSR count). The average molecular weight is 293 g/mol. The Balaban J connectivity index is 1.98. The molecule has 0 aliphatic heterocycles. The van der Waals surface area contributed by atoms with Gasteiger partial charge in [-0.15, -0.1) is 11.3 Å². The number of para-hydroxylation sites is 2. The van der Waals surface area contributed by atoms with Crippen LogP contribution in [0, 0.1) is 0 Å². The van der Waals surface area contributed by atoms with Crippen LogP contribution >= 0.6 is 11.3 Å². The second kappa shape index (κ2) is 6.91. The number of rotatable bonds is 7. The Morgan fingerprint density at radius 1 is 1.30 bits per heavy atom. The van der Waals surface area contributed by atoms with Crippen LogP contribution in [-0.2, 0) is 17.8 Å². The molecule has 0 unspecified atom stereocenters. The topological polar surface area (TPSA) is 68.7 Å². The number of carboxylic acid groups (broad SMARTS) is 1. The van der Waals surface area contributed by atoms with Crippen molar-refractivity contribution >= 4 is 17.3 Å². The summed E-state index contributed by atoms with van der Waals surface area (Å²) in [5, 5.41) is 11.2. The van der Waals surface area contributed by atoms with Crippen molar-refractivity contribution in [3.8, 4) is 11.5 Å². The number of carboxylic acids is 1. The Bertz CT molecular complexity index is 582. The van der Waals surface area contributed by atoms with Gasteiger partial charge in [-0.1, -0.05) is 12.1 Å². The fourth-order valence-electron chi connectivity index (χ4n) is 1.63. The maximum absolute atomic E-state index is 10.6. The monoisotopic (exact) mass is 293 g/mol. The highest BCUT2D eigenvalue weighted by atomic mass is 32.1. The van der Waals surface area contributed by atoms with Gasteiger partial charge in [-0.05, 0) is 19.1 Å². The van der Waals surface area contributed by atoms with Crippen molar-refractivity contribution in [2.75, 3.05) is 6.61 Å². The maximum atomic E-state index is 10.6. The van der Waals surface area contributed by atoms with Gasteiger partial charge in [-0.25, -0.2) is 4.98 Å². The quantitative estimate of drug-likeness (QED) is 0.850. The second-order valence-electron chi connectivity index (χ2n) is 3.97. The third-order valence-electron chi connectivity index (χ3n) is 2.43. The molecule has 1 aromatic heterocycles. The largest absolute Gasteiger partial charge is 0.490 e. The molecule has 0 saturated carbocycles. The van der Waals surface area contributed by atoms with Gasteiger partial charge in [0.15, 0.2) is 11.5 Å². The highest BCUT2D eigenvalue weighted by Gasteiger charge is 2.08. The highest BCUT2D eigenvalue weighted by molar-refractivity contribution is 7.09. The molecule has 5 nitrogen and oxygen atoms in total. The van der Waals surface area contributed by atoms with E-state index in [0.29, 0.717) is 30.4 Å². The van der Waals surface area contributed by atoms with Crippen LogP contribution in [0.15, 0.2) is 29.6 Å². The van der Waals surface area contributed by atoms with Gasteiger partial charge in [-0.2, -0.15) is 0 Å². The summed E-state index contributed by atoms with van der Waals surface area (Å²) < 4.78 is 11.1. The summed E-state index contributed by atoms with van der Waals surface area (Å²) in [5.74, 6) is 0.464. The minimum Gasteiger partial charge on any atom is -0.490 e. The Kier molecular flexibility index (Phi) is 4.95. The molecule has 0 aliphatic rings. The summed E-state index contributed by atoms with van der Waals surface area (Å²) >= 11 is 1.39. The molecule has 6 heteroatoms. The molecule has 0 aliphatic carbocycles. The first kappa shape index (κ1) is 14.3. The molecule has 2 aromatic rings. The lowest BCUT2D eigenvalue weighted by Gasteiger charge is -2.10. The Labute approximate surface area is 120 Å². The standard InChI is InChI=1S/C14H15NO4S/c1-2-18-11-5-3-4-6-12(11)19-8-13-15-10(9-20-13)7-14(16)17/h3-6,9H,2,7-8H2,1H3,(H,16,17). The van der Waals surface area contributed by atoms with E-state index in [-0.39, 0.29) is 6.42 Å². The molecule has 0 bridgehead atoms. The van der Waals surface area contributed by atoms with Gasteiger partial charge in [0.05, 0.1) is 18.7 Å².